The van der Waals surface area contributed by atoms with Crippen LogP contribution in [0.15, 0.2) is 65.6 Å². The Morgan fingerprint density at radius 1 is 0.879 bits per heavy atom. The van der Waals surface area contributed by atoms with Gasteiger partial charge in [0.2, 0.25) is 0 Å². The molecular weight excluding hydrogens is 440 g/mol. The summed E-state index contributed by atoms with van der Waals surface area (Å²) in [5, 5.41) is 2.86. The van der Waals surface area contributed by atoms with Crippen molar-refractivity contribution in [1.29, 1.82) is 0 Å². The summed E-state index contributed by atoms with van der Waals surface area (Å²) < 4.78 is 38.7. The first-order valence-corrected chi connectivity index (χ1v) is 11.9. The Morgan fingerprint density at radius 2 is 1.58 bits per heavy atom. The molecule has 0 saturated carbocycles. The van der Waals surface area contributed by atoms with Crippen molar-refractivity contribution >= 4 is 21.6 Å². The Bertz CT molecular complexity index is 1240. The van der Waals surface area contributed by atoms with Gasteiger partial charge in [-0.3, -0.25) is 9.52 Å². The van der Waals surface area contributed by atoms with Gasteiger partial charge in [-0.25, -0.2) is 8.42 Å². The van der Waals surface area contributed by atoms with E-state index in [0.717, 1.165) is 11.1 Å². The summed E-state index contributed by atoms with van der Waals surface area (Å²) >= 11 is 0. The predicted molar refractivity (Wildman–Crippen MR) is 129 cm³/mol. The molecular formula is C25H28N2O5S. The molecule has 0 aliphatic carbocycles. The van der Waals surface area contributed by atoms with Gasteiger partial charge >= 0.3 is 0 Å². The molecule has 1 amide bonds. The molecule has 3 aromatic carbocycles. The molecule has 0 fully saturated rings. The van der Waals surface area contributed by atoms with Gasteiger partial charge in [0, 0.05) is 17.8 Å². The van der Waals surface area contributed by atoms with E-state index < -0.39 is 10.0 Å². The molecule has 2 N–H and O–H groups in total. The Hall–Kier alpha value is -3.52. The van der Waals surface area contributed by atoms with Gasteiger partial charge in [0.25, 0.3) is 15.9 Å². The number of hydrogen-bond acceptors (Lipinski definition) is 5. The van der Waals surface area contributed by atoms with E-state index in [4.69, 9.17) is 9.47 Å². The minimum Gasteiger partial charge on any atom is -0.493 e. The lowest BCUT2D eigenvalue weighted by Crippen LogP contribution is -2.27. The second-order valence-electron chi connectivity index (χ2n) is 7.64. The normalized spacial score (nSPS) is 11.0. The second-order valence-corrected chi connectivity index (χ2v) is 9.33. The van der Waals surface area contributed by atoms with Gasteiger partial charge in [0.15, 0.2) is 11.5 Å². The van der Waals surface area contributed by atoms with Gasteiger partial charge in [-0.05, 0) is 67.8 Å². The molecule has 33 heavy (non-hydrogen) atoms. The van der Waals surface area contributed by atoms with E-state index in [0.29, 0.717) is 41.3 Å². The average Bonchev–Trinajstić information content (AvgIpc) is 2.80. The smallest absolute Gasteiger partial charge is 0.261 e. The summed E-state index contributed by atoms with van der Waals surface area (Å²) in [6, 6.07) is 17.1. The summed E-state index contributed by atoms with van der Waals surface area (Å²) in [6.45, 7) is 4.08. The number of ether oxygens (including phenoxy) is 2. The number of amides is 1. The standard InChI is InChI=1S/C25H28N2O5S/c1-17-5-9-20(10-6-17)27-33(29,30)21-11-7-18(2)22(16-21)25(28)26-14-13-19-8-12-23(31-3)24(15-19)32-4/h5-12,15-16,27H,13-14H2,1-4H3,(H,26,28). The number of nitrogens with one attached hydrogen (secondary N) is 2. The molecule has 0 saturated heterocycles. The number of hydrogen-bond donors (Lipinski definition) is 2. The number of benzene rings is 3. The number of carbonyl (C=O) groups excluding carboxylic acids is 1. The molecule has 0 aliphatic rings. The van der Waals surface area contributed by atoms with Crippen molar-refractivity contribution in [3.05, 3.63) is 82.9 Å². The average molecular weight is 469 g/mol. The molecule has 0 radical (unpaired) electrons. The molecule has 3 aromatic rings. The number of rotatable bonds is 9. The predicted octanol–water partition coefficient (Wildman–Crippen LogP) is 4.09. The van der Waals surface area contributed by atoms with Crippen LogP contribution in [0, 0.1) is 13.8 Å². The van der Waals surface area contributed by atoms with E-state index >= 15 is 0 Å². The lowest BCUT2D eigenvalue weighted by atomic mass is 10.1. The van der Waals surface area contributed by atoms with Gasteiger partial charge in [-0.2, -0.15) is 0 Å². The summed E-state index contributed by atoms with van der Waals surface area (Å²) in [5.41, 5.74) is 3.47. The first-order chi connectivity index (χ1) is 15.7. The zero-order valence-electron chi connectivity index (χ0n) is 19.1. The largest absolute Gasteiger partial charge is 0.493 e. The Kier molecular flexibility index (Phi) is 7.60. The van der Waals surface area contributed by atoms with E-state index in [1.54, 1.807) is 39.3 Å². The van der Waals surface area contributed by atoms with Crippen molar-refractivity contribution in [2.75, 3.05) is 25.5 Å². The van der Waals surface area contributed by atoms with Gasteiger partial charge in [0.1, 0.15) is 0 Å². The fraction of sp³-hybridized carbons (Fsp3) is 0.240. The number of methoxy groups -OCH3 is 2. The van der Waals surface area contributed by atoms with Gasteiger partial charge in [-0.15, -0.1) is 0 Å². The van der Waals surface area contributed by atoms with Crippen LogP contribution in [0.2, 0.25) is 0 Å². The lowest BCUT2D eigenvalue weighted by Gasteiger charge is -2.13. The van der Waals surface area contributed by atoms with E-state index in [2.05, 4.69) is 10.0 Å². The third-order valence-corrected chi connectivity index (χ3v) is 6.59. The van der Waals surface area contributed by atoms with Crippen LogP contribution in [-0.2, 0) is 16.4 Å². The van der Waals surface area contributed by atoms with Crippen LogP contribution in [0.5, 0.6) is 11.5 Å². The molecule has 174 valence electrons. The first kappa shape index (κ1) is 24.1. The maximum absolute atomic E-state index is 12.8. The van der Waals surface area contributed by atoms with Crippen LogP contribution < -0.4 is 19.5 Å². The van der Waals surface area contributed by atoms with Crippen LogP contribution in [0.25, 0.3) is 0 Å². The van der Waals surface area contributed by atoms with Crippen molar-refractivity contribution in [3.8, 4) is 11.5 Å². The van der Waals surface area contributed by atoms with E-state index in [-0.39, 0.29) is 10.8 Å². The van der Waals surface area contributed by atoms with E-state index in [1.165, 1.54) is 12.1 Å². The highest BCUT2D eigenvalue weighted by Gasteiger charge is 2.18. The quantitative estimate of drug-likeness (QED) is 0.493. The van der Waals surface area contributed by atoms with Gasteiger partial charge < -0.3 is 14.8 Å². The molecule has 0 atom stereocenters. The van der Waals surface area contributed by atoms with Crippen molar-refractivity contribution in [2.24, 2.45) is 0 Å². The summed E-state index contributed by atoms with van der Waals surface area (Å²) in [6.07, 6.45) is 0.581. The Morgan fingerprint density at radius 3 is 2.24 bits per heavy atom. The summed E-state index contributed by atoms with van der Waals surface area (Å²) in [5.74, 6) is 0.926. The second kappa shape index (κ2) is 10.4. The van der Waals surface area contributed by atoms with Crippen LogP contribution in [0.1, 0.15) is 27.0 Å². The first-order valence-electron chi connectivity index (χ1n) is 10.4. The highest BCUT2D eigenvalue weighted by Crippen LogP contribution is 2.27. The highest BCUT2D eigenvalue weighted by atomic mass is 32.2. The summed E-state index contributed by atoms with van der Waals surface area (Å²) in [7, 11) is -0.688. The maximum Gasteiger partial charge on any atom is 0.261 e. The minimum atomic E-state index is -3.83. The van der Waals surface area contributed by atoms with Crippen LogP contribution in [0.3, 0.4) is 0 Å². The molecule has 0 aliphatic heterocycles. The fourth-order valence-electron chi connectivity index (χ4n) is 3.30. The third kappa shape index (κ3) is 6.04. The lowest BCUT2D eigenvalue weighted by molar-refractivity contribution is 0.0953. The summed E-state index contributed by atoms with van der Waals surface area (Å²) in [4.78, 5) is 12.8. The molecule has 0 bridgehead atoms. The molecule has 3 rings (SSSR count). The van der Waals surface area contributed by atoms with Gasteiger partial charge in [0.05, 0.1) is 19.1 Å². The van der Waals surface area contributed by atoms with Crippen molar-refractivity contribution < 1.29 is 22.7 Å². The Labute approximate surface area is 194 Å². The fourth-order valence-corrected chi connectivity index (χ4v) is 4.38. The number of anilines is 1. The van der Waals surface area contributed by atoms with E-state index in [9.17, 15) is 13.2 Å². The van der Waals surface area contributed by atoms with Crippen molar-refractivity contribution in [1.82, 2.24) is 5.32 Å². The molecule has 8 heteroatoms. The van der Waals surface area contributed by atoms with Gasteiger partial charge in [-0.1, -0.05) is 29.8 Å². The van der Waals surface area contributed by atoms with Crippen molar-refractivity contribution in [2.45, 2.75) is 25.2 Å². The topological polar surface area (TPSA) is 93.7 Å². The zero-order valence-corrected chi connectivity index (χ0v) is 20.0. The van der Waals surface area contributed by atoms with E-state index in [1.807, 2.05) is 37.3 Å². The molecule has 7 nitrogen and oxygen atoms in total. The molecule has 0 heterocycles. The SMILES string of the molecule is COc1ccc(CCNC(=O)c2cc(S(=O)(=O)Nc3ccc(C)cc3)ccc2C)cc1OC. The van der Waals surface area contributed by atoms with Crippen LogP contribution >= 0.6 is 0 Å². The minimum absolute atomic E-state index is 0.0266. The number of sulfonamides is 1. The molecule has 0 spiro atoms. The molecule has 0 aromatic heterocycles. The van der Waals surface area contributed by atoms with Crippen LogP contribution in [-0.4, -0.2) is 35.1 Å². The number of aryl methyl sites for hydroxylation is 2. The monoisotopic (exact) mass is 468 g/mol. The molecule has 0 unspecified atom stereocenters. The highest BCUT2D eigenvalue weighted by molar-refractivity contribution is 7.92. The van der Waals surface area contributed by atoms with Crippen molar-refractivity contribution in [3.63, 3.8) is 0 Å². The maximum atomic E-state index is 12.8. The Balaban J connectivity index is 1.69. The van der Waals surface area contributed by atoms with Crippen LogP contribution in [0.4, 0.5) is 5.69 Å². The number of carbonyl (C=O) groups is 1. The zero-order chi connectivity index (χ0) is 24.0. The third-order valence-electron chi connectivity index (χ3n) is 5.21.